The highest BCUT2D eigenvalue weighted by Gasteiger charge is 2.14. The van der Waals surface area contributed by atoms with Gasteiger partial charge in [-0.15, -0.1) is 11.3 Å². The molecule has 0 amide bonds. The number of hydrogen-bond acceptors (Lipinski definition) is 5. The fourth-order valence-electron chi connectivity index (χ4n) is 3.09. The average Bonchev–Trinajstić information content (AvgIpc) is 3.13. The molecule has 6 heteroatoms. The van der Waals surface area contributed by atoms with Crippen LogP contribution in [0.1, 0.15) is 11.4 Å². The largest absolute Gasteiger partial charge is 0.497 e. The van der Waals surface area contributed by atoms with Gasteiger partial charge in [0.1, 0.15) is 22.2 Å². The third-order valence-corrected chi connectivity index (χ3v) is 5.32. The molecule has 0 aliphatic heterocycles. The van der Waals surface area contributed by atoms with E-state index in [0.29, 0.717) is 17.6 Å². The van der Waals surface area contributed by atoms with Crippen molar-refractivity contribution in [2.75, 3.05) is 14.2 Å². The van der Waals surface area contributed by atoms with Crippen molar-refractivity contribution in [2.45, 2.75) is 6.42 Å². The standard InChI is InChI=1S/C21H18N2O3S/c1-25-15-9-7-13(8-10-15)16-12-27-21-19(16)20(24)22-18(23-21)11-14-5-3-4-6-17(14)26-2/h3-10,12H,11H2,1-2H3,(H,22,23,24). The third kappa shape index (κ3) is 3.31. The second-order valence-corrected chi connectivity index (χ2v) is 6.92. The Morgan fingerprint density at radius 2 is 1.81 bits per heavy atom. The summed E-state index contributed by atoms with van der Waals surface area (Å²) in [5, 5.41) is 2.59. The third-order valence-electron chi connectivity index (χ3n) is 4.44. The molecule has 2 aromatic heterocycles. The van der Waals surface area contributed by atoms with Crippen LogP contribution in [0.5, 0.6) is 11.5 Å². The summed E-state index contributed by atoms with van der Waals surface area (Å²) < 4.78 is 10.6. The van der Waals surface area contributed by atoms with Gasteiger partial charge >= 0.3 is 0 Å². The van der Waals surface area contributed by atoms with Gasteiger partial charge in [-0.1, -0.05) is 30.3 Å². The molecule has 0 radical (unpaired) electrons. The highest BCUT2D eigenvalue weighted by molar-refractivity contribution is 7.17. The van der Waals surface area contributed by atoms with Gasteiger partial charge in [0.15, 0.2) is 0 Å². The number of methoxy groups -OCH3 is 2. The van der Waals surface area contributed by atoms with E-state index in [4.69, 9.17) is 9.47 Å². The van der Waals surface area contributed by atoms with Crippen LogP contribution in [0.4, 0.5) is 0 Å². The summed E-state index contributed by atoms with van der Waals surface area (Å²) in [6, 6.07) is 15.4. The van der Waals surface area contributed by atoms with Gasteiger partial charge in [0, 0.05) is 22.9 Å². The monoisotopic (exact) mass is 378 g/mol. The van der Waals surface area contributed by atoms with Gasteiger partial charge in [0.2, 0.25) is 0 Å². The van der Waals surface area contributed by atoms with Crippen LogP contribution in [0.15, 0.2) is 58.7 Å². The summed E-state index contributed by atoms with van der Waals surface area (Å²) in [7, 11) is 3.27. The number of para-hydroxylation sites is 1. The van der Waals surface area contributed by atoms with Crippen LogP contribution in [-0.4, -0.2) is 24.2 Å². The van der Waals surface area contributed by atoms with E-state index in [0.717, 1.165) is 33.0 Å². The second kappa shape index (κ2) is 7.25. The lowest BCUT2D eigenvalue weighted by atomic mass is 10.1. The van der Waals surface area contributed by atoms with E-state index in [1.807, 2.05) is 53.9 Å². The van der Waals surface area contributed by atoms with E-state index in [2.05, 4.69) is 9.97 Å². The van der Waals surface area contributed by atoms with Gasteiger partial charge < -0.3 is 14.5 Å². The summed E-state index contributed by atoms with van der Waals surface area (Å²) >= 11 is 1.47. The minimum atomic E-state index is -0.128. The fraction of sp³-hybridized carbons (Fsp3) is 0.143. The zero-order valence-corrected chi connectivity index (χ0v) is 15.8. The van der Waals surface area contributed by atoms with E-state index in [1.165, 1.54) is 11.3 Å². The van der Waals surface area contributed by atoms with Crippen LogP contribution < -0.4 is 15.0 Å². The lowest BCUT2D eigenvalue weighted by molar-refractivity contribution is 0.410. The highest BCUT2D eigenvalue weighted by Crippen LogP contribution is 2.32. The SMILES string of the molecule is COc1ccc(-c2csc3nc(Cc4ccccc4OC)[nH]c(=O)c23)cc1. The van der Waals surface area contributed by atoms with Crippen molar-refractivity contribution >= 4 is 21.6 Å². The number of hydrogen-bond donors (Lipinski definition) is 1. The van der Waals surface area contributed by atoms with Crippen molar-refractivity contribution in [2.24, 2.45) is 0 Å². The number of ether oxygens (including phenoxy) is 2. The molecule has 4 rings (SSSR count). The molecular weight excluding hydrogens is 360 g/mol. The van der Waals surface area contributed by atoms with Crippen LogP contribution in [-0.2, 0) is 6.42 Å². The maximum Gasteiger partial charge on any atom is 0.260 e. The highest BCUT2D eigenvalue weighted by atomic mass is 32.1. The maximum absolute atomic E-state index is 12.8. The second-order valence-electron chi connectivity index (χ2n) is 6.06. The van der Waals surface area contributed by atoms with Crippen molar-refractivity contribution in [1.82, 2.24) is 9.97 Å². The van der Waals surface area contributed by atoms with Crippen molar-refractivity contribution < 1.29 is 9.47 Å². The lowest BCUT2D eigenvalue weighted by Crippen LogP contribution is -2.12. The van der Waals surface area contributed by atoms with Crippen molar-refractivity contribution in [3.05, 3.63) is 75.7 Å². The molecule has 0 saturated carbocycles. The van der Waals surface area contributed by atoms with Gasteiger partial charge in [0.25, 0.3) is 5.56 Å². The average molecular weight is 378 g/mol. The number of rotatable bonds is 5. The van der Waals surface area contributed by atoms with Crippen LogP contribution in [0, 0.1) is 0 Å². The zero-order chi connectivity index (χ0) is 18.8. The quantitative estimate of drug-likeness (QED) is 0.564. The van der Waals surface area contributed by atoms with Crippen LogP contribution >= 0.6 is 11.3 Å². The maximum atomic E-state index is 12.8. The number of nitrogens with one attached hydrogen (secondary N) is 1. The molecular formula is C21H18N2O3S. The topological polar surface area (TPSA) is 64.2 Å². The zero-order valence-electron chi connectivity index (χ0n) is 15.0. The molecule has 2 aromatic carbocycles. The van der Waals surface area contributed by atoms with Gasteiger partial charge in [-0.05, 0) is 23.8 Å². The van der Waals surface area contributed by atoms with E-state index < -0.39 is 0 Å². The molecule has 0 unspecified atom stereocenters. The Labute approximate surface area is 160 Å². The number of H-pyrrole nitrogens is 1. The smallest absolute Gasteiger partial charge is 0.260 e. The molecule has 0 aliphatic carbocycles. The molecule has 0 saturated heterocycles. The first kappa shape index (κ1) is 17.3. The van der Waals surface area contributed by atoms with Crippen LogP contribution in [0.25, 0.3) is 21.3 Å². The molecule has 0 spiro atoms. The first-order valence-corrected chi connectivity index (χ1v) is 9.34. The summed E-state index contributed by atoms with van der Waals surface area (Å²) in [6.45, 7) is 0. The minimum absolute atomic E-state index is 0.128. The predicted molar refractivity (Wildman–Crippen MR) is 108 cm³/mol. The Morgan fingerprint density at radius 1 is 1.04 bits per heavy atom. The predicted octanol–water partition coefficient (Wildman–Crippen LogP) is 4.26. The van der Waals surface area contributed by atoms with E-state index in [9.17, 15) is 4.79 Å². The molecule has 136 valence electrons. The van der Waals surface area contributed by atoms with Crippen molar-refractivity contribution in [3.8, 4) is 22.6 Å². The molecule has 0 atom stereocenters. The molecule has 2 heterocycles. The number of benzene rings is 2. The van der Waals surface area contributed by atoms with Gasteiger partial charge in [-0.25, -0.2) is 4.98 Å². The summed E-state index contributed by atoms with van der Waals surface area (Å²) in [6.07, 6.45) is 0.505. The number of fused-ring (bicyclic) bond motifs is 1. The Morgan fingerprint density at radius 3 is 2.56 bits per heavy atom. The first-order chi connectivity index (χ1) is 13.2. The molecule has 0 fully saturated rings. The summed E-state index contributed by atoms with van der Waals surface area (Å²) in [5.74, 6) is 2.19. The minimum Gasteiger partial charge on any atom is -0.497 e. The van der Waals surface area contributed by atoms with Gasteiger partial charge in [0.05, 0.1) is 19.6 Å². The van der Waals surface area contributed by atoms with Crippen molar-refractivity contribution in [1.29, 1.82) is 0 Å². The first-order valence-electron chi connectivity index (χ1n) is 8.46. The van der Waals surface area contributed by atoms with E-state index >= 15 is 0 Å². The number of thiophene rings is 1. The normalized spacial score (nSPS) is 10.9. The summed E-state index contributed by atoms with van der Waals surface area (Å²) in [4.78, 5) is 21.1. The van der Waals surface area contributed by atoms with Gasteiger partial charge in [-0.2, -0.15) is 0 Å². The number of aromatic amines is 1. The molecule has 0 bridgehead atoms. The molecule has 0 aliphatic rings. The number of nitrogens with zero attached hydrogens (tertiary/aromatic N) is 1. The molecule has 27 heavy (non-hydrogen) atoms. The fourth-order valence-corrected chi connectivity index (χ4v) is 4.06. The van der Waals surface area contributed by atoms with E-state index in [-0.39, 0.29) is 5.56 Å². The Hall–Kier alpha value is -3.12. The summed E-state index contributed by atoms with van der Waals surface area (Å²) in [5.41, 5.74) is 2.70. The number of aromatic nitrogens is 2. The molecule has 1 N–H and O–H groups in total. The Balaban J connectivity index is 1.74. The Kier molecular flexibility index (Phi) is 4.64. The van der Waals surface area contributed by atoms with E-state index in [1.54, 1.807) is 14.2 Å². The molecule has 5 nitrogen and oxygen atoms in total. The molecule has 4 aromatic rings. The Bertz CT molecular complexity index is 1150. The lowest BCUT2D eigenvalue weighted by Gasteiger charge is -2.07. The van der Waals surface area contributed by atoms with Crippen LogP contribution in [0.2, 0.25) is 0 Å². The van der Waals surface area contributed by atoms with Crippen molar-refractivity contribution in [3.63, 3.8) is 0 Å². The van der Waals surface area contributed by atoms with Crippen LogP contribution in [0.3, 0.4) is 0 Å². The van der Waals surface area contributed by atoms with Gasteiger partial charge in [-0.3, -0.25) is 4.79 Å².